The number of nitrogens with two attached hydrogens (primary N) is 1. The fourth-order valence-electron chi connectivity index (χ4n) is 1.42. The highest BCUT2D eigenvalue weighted by Crippen LogP contribution is 2.18. The minimum absolute atomic E-state index is 0.165. The predicted octanol–water partition coefficient (Wildman–Crippen LogP) is 2.64. The molecule has 1 heterocycles. The summed E-state index contributed by atoms with van der Waals surface area (Å²) in [7, 11) is 0. The first-order valence-electron chi connectivity index (χ1n) is 4.83. The lowest BCUT2D eigenvalue weighted by atomic mass is 10.1. The third kappa shape index (κ3) is 2.25. The van der Waals surface area contributed by atoms with Gasteiger partial charge in [-0.05, 0) is 47.2 Å². The van der Waals surface area contributed by atoms with Crippen molar-refractivity contribution in [2.45, 2.75) is 13.0 Å². The van der Waals surface area contributed by atoms with E-state index < -0.39 is 0 Å². The maximum Gasteiger partial charge on any atom is 0.149 e. The minimum atomic E-state index is -0.311. The molecule has 2 aromatic rings. The Morgan fingerprint density at radius 1 is 1.50 bits per heavy atom. The molecule has 0 saturated heterocycles. The van der Waals surface area contributed by atoms with Gasteiger partial charge in [0.2, 0.25) is 0 Å². The number of hydrogen-bond donors (Lipinski definition) is 1. The van der Waals surface area contributed by atoms with Crippen molar-refractivity contribution in [1.29, 1.82) is 0 Å². The van der Waals surface area contributed by atoms with E-state index in [-0.39, 0.29) is 11.9 Å². The summed E-state index contributed by atoms with van der Waals surface area (Å²) in [6.07, 6.45) is 3.45. The van der Waals surface area contributed by atoms with E-state index in [4.69, 9.17) is 5.73 Å². The van der Waals surface area contributed by atoms with Crippen molar-refractivity contribution in [3.8, 4) is 5.69 Å². The number of benzene rings is 1. The summed E-state index contributed by atoms with van der Waals surface area (Å²) in [6.45, 7) is 1.82. The van der Waals surface area contributed by atoms with Crippen molar-refractivity contribution in [2.75, 3.05) is 0 Å². The highest BCUT2D eigenvalue weighted by atomic mass is 127. The smallest absolute Gasteiger partial charge is 0.149 e. The molecule has 5 heteroatoms. The van der Waals surface area contributed by atoms with Gasteiger partial charge in [-0.3, -0.25) is 0 Å². The zero-order valence-corrected chi connectivity index (χ0v) is 10.8. The van der Waals surface area contributed by atoms with Crippen LogP contribution in [-0.2, 0) is 0 Å². The first-order chi connectivity index (χ1) is 7.58. The number of aromatic nitrogens is 2. The van der Waals surface area contributed by atoms with E-state index in [1.807, 2.05) is 13.0 Å². The van der Waals surface area contributed by atoms with E-state index in [2.05, 4.69) is 27.7 Å². The van der Waals surface area contributed by atoms with Crippen molar-refractivity contribution in [2.24, 2.45) is 5.73 Å². The van der Waals surface area contributed by atoms with Gasteiger partial charge >= 0.3 is 0 Å². The third-order valence-electron chi connectivity index (χ3n) is 2.30. The summed E-state index contributed by atoms with van der Waals surface area (Å²) in [5, 5.41) is 4.06. The van der Waals surface area contributed by atoms with E-state index in [1.54, 1.807) is 18.5 Å². The highest BCUT2D eigenvalue weighted by molar-refractivity contribution is 14.1. The normalized spacial score (nSPS) is 12.8. The molecule has 1 aromatic carbocycles. The Balaban J connectivity index is 2.44. The molecule has 0 aliphatic heterocycles. The maximum absolute atomic E-state index is 13.8. The molecule has 0 fully saturated rings. The van der Waals surface area contributed by atoms with E-state index in [9.17, 15) is 4.39 Å². The molecule has 2 N–H and O–H groups in total. The summed E-state index contributed by atoms with van der Waals surface area (Å²) < 4.78 is 16.3. The van der Waals surface area contributed by atoms with Crippen LogP contribution in [0.25, 0.3) is 5.69 Å². The predicted molar refractivity (Wildman–Crippen MR) is 68.8 cm³/mol. The third-order valence-corrected chi connectivity index (χ3v) is 2.85. The molecule has 0 aliphatic carbocycles. The van der Waals surface area contributed by atoms with Gasteiger partial charge in [0, 0.05) is 12.2 Å². The molecule has 0 saturated carbocycles. The molecule has 1 atom stereocenters. The molecule has 2 rings (SSSR count). The first-order valence-corrected chi connectivity index (χ1v) is 5.91. The molecule has 16 heavy (non-hydrogen) atoms. The Bertz CT molecular complexity index is 508. The second-order valence-corrected chi connectivity index (χ2v) is 4.85. The average molecular weight is 331 g/mol. The van der Waals surface area contributed by atoms with Gasteiger partial charge in [-0.2, -0.15) is 5.10 Å². The van der Waals surface area contributed by atoms with Crippen LogP contribution in [0.3, 0.4) is 0 Å². The Morgan fingerprint density at radius 3 is 2.75 bits per heavy atom. The summed E-state index contributed by atoms with van der Waals surface area (Å²) in [6, 6.07) is 4.80. The summed E-state index contributed by atoms with van der Waals surface area (Å²) in [5.41, 5.74) is 6.90. The van der Waals surface area contributed by atoms with E-state index in [1.165, 1.54) is 10.7 Å². The Labute approximate surface area is 107 Å². The SMILES string of the molecule is C[C@@H](N)c1ccc(-n2cc(I)cn2)c(F)c1. The second-order valence-electron chi connectivity index (χ2n) is 3.60. The monoisotopic (exact) mass is 331 g/mol. The molecule has 3 nitrogen and oxygen atoms in total. The van der Waals surface area contributed by atoms with Crippen LogP contribution in [0, 0.1) is 9.39 Å². The van der Waals surface area contributed by atoms with Crippen molar-refractivity contribution >= 4 is 22.6 Å². The van der Waals surface area contributed by atoms with Crippen LogP contribution in [0.1, 0.15) is 18.5 Å². The van der Waals surface area contributed by atoms with Crippen molar-refractivity contribution in [1.82, 2.24) is 9.78 Å². The lowest BCUT2D eigenvalue weighted by molar-refractivity contribution is 0.606. The molecular weight excluding hydrogens is 320 g/mol. The number of halogens is 2. The van der Waals surface area contributed by atoms with Crippen molar-refractivity contribution in [3.63, 3.8) is 0 Å². The quantitative estimate of drug-likeness (QED) is 0.860. The fourth-order valence-corrected chi connectivity index (χ4v) is 1.81. The van der Waals surface area contributed by atoms with E-state index in [0.717, 1.165) is 9.13 Å². The molecule has 0 amide bonds. The van der Waals surface area contributed by atoms with E-state index in [0.29, 0.717) is 5.69 Å². The van der Waals surface area contributed by atoms with Gasteiger partial charge in [0.25, 0.3) is 0 Å². The molecule has 0 radical (unpaired) electrons. The molecule has 0 spiro atoms. The van der Waals surface area contributed by atoms with Crippen LogP contribution in [0.4, 0.5) is 4.39 Å². The van der Waals surface area contributed by atoms with E-state index >= 15 is 0 Å². The van der Waals surface area contributed by atoms with Gasteiger partial charge in [-0.1, -0.05) is 6.07 Å². The Kier molecular flexibility index (Phi) is 3.25. The topological polar surface area (TPSA) is 43.8 Å². The lowest BCUT2D eigenvalue weighted by Gasteiger charge is -2.08. The lowest BCUT2D eigenvalue weighted by Crippen LogP contribution is -2.06. The first kappa shape index (κ1) is 11.5. The van der Waals surface area contributed by atoms with Crippen molar-refractivity contribution in [3.05, 3.63) is 45.5 Å². The zero-order valence-electron chi connectivity index (χ0n) is 8.69. The van der Waals surface area contributed by atoms with Crippen LogP contribution >= 0.6 is 22.6 Å². The van der Waals surface area contributed by atoms with Gasteiger partial charge in [0.05, 0.1) is 9.77 Å². The second kappa shape index (κ2) is 4.50. The molecule has 0 bridgehead atoms. The molecule has 84 valence electrons. The van der Waals surface area contributed by atoms with Crippen LogP contribution in [0.5, 0.6) is 0 Å². The molecule has 0 unspecified atom stereocenters. The van der Waals surface area contributed by atoms with Gasteiger partial charge < -0.3 is 5.73 Å². The maximum atomic E-state index is 13.8. The fraction of sp³-hybridized carbons (Fsp3) is 0.182. The van der Waals surface area contributed by atoms with Gasteiger partial charge in [0.1, 0.15) is 11.5 Å². The van der Waals surface area contributed by atoms with Crippen molar-refractivity contribution < 1.29 is 4.39 Å². The largest absolute Gasteiger partial charge is 0.324 e. The zero-order chi connectivity index (χ0) is 11.7. The molecule has 0 aliphatic rings. The van der Waals surface area contributed by atoms with Gasteiger partial charge in [-0.15, -0.1) is 0 Å². The minimum Gasteiger partial charge on any atom is -0.324 e. The van der Waals surface area contributed by atoms with Crippen LogP contribution in [0.2, 0.25) is 0 Å². The van der Waals surface area contributed by atoms with Crippen LogP contribution in [0.15, 0.2) is 30.6 Å². The van der Waals surface area contributed by atoms with Gasteiger partial charge in [-0.25, -0.2) is 9.07 Å². The summed E-state index contributed by atoms with van der Waals surface area (Å²) in [4.78, 5) is 0. The molecule has 1 aromatic heterocycles. The van der Waals surface area contributed by atoms with Gasteiger partial charge in [0.15, 0.2) is 0 Å². The Morgan fingerprint density at radius 2 is 2.25 bits per heavy atom. The molecular formula is C11H11FIN3. The average Bonchev–Trinajstić information content (AvgIpc) is 2.64. The summed E-state index contributed by atoms with van der Waals surface area (Å²) in [5.74, 6) is -0.311. The number of hydrogen-bond acceptors (Lipinski definition) is 2. The highest BCUT2D eigenvalue weighted by Gasteiger charge is 2.08. The number of rotatable bonds is 2. The Hall–Kier alpha value is -0.950. The van der Waals surface area contributed by atoms with Crippen LogP contribution in [-0.4, -0.2) is 9.78 Å². The summed E-state index contributed by atoms with van der Waals surface area (Å²) >= 11 is 2.13. The number of nitrogens with zero attached hydrogens (tertiary/aromatic N) is 2. The standard InChI is InChI=1S/C11H11FIN3/c1-7(14)8-2-3-11(10(12)4-8)16-6-9(13)5-15-16/h2-7H,14H2,1H3/t7-/m1/s1. The van der Waals surface area contributed by atoms with Crippen LogP contribution < -0.4 is 5.73 Å².